The van der Waals surface area contributed by atoms with Crippen LogP contribution in [0, 0.1) is 0 Å². The van der Waals surface area contributed by atoms with Gasteiger partial charge in [0, 0.05) is 12.2 Å². The average molecular weight is 308 g/mol. The molecule has 106 valence electrons. The molecule has 0 aliphatic heterocycles. The molecule has 0 unspecified atom stereocenters. The molecule has 0 aromatic heterocycles. The minimum Gasteiger partial charge on any atom is -0.381 e. The standard InChI is InChI=1S/C17H19Cl2N/c1-17(2,3)13-5-7-14(8-6-13)20-11-12-4-9-15(18)16(19)10-12/h4-10,20H,11H2,1-3H3. The minimum atomic E-state index is 0.183. The van der Waals surface area contributed by atoms with E-state index < -0.39 is 0 Å². The van der Waals surface area contributed by atoms with Crippen molar-refractivity contribution in [2.24, 2.45) is 0 Å². The highest BCUT2D eigenvalue weighted by atomic mass is 35.5. The summed E-state index contributed by atoms with van der Waals surface area (Å²) < 4.78 is 0. The van der Waals surface area contributed by atoms with Crippen LogP contribution >= 0.6 is 23.2 Å². The highest BCUT2D eigenvalue weighted by Crippen LogP contribution is 2.25. The van der Waals surface area contributed by atoms with Crippen molar-refractivity contribution in [3.8, 4) is 0 Å². The van der Waals surface area contributed by atoms with Crippen LogP contribution in [0.15, 0.2) is 42.5 Å². The van der Waals surface area contributed by atoms with E-state index in [2.05, 4.69) is 50.4 Å². The van der Waals surface area contributed by atoms with E-state index in [-0.39, 0.29) is 5.41 Å². The smallest absolute Gasteiger partial charge is 0.0595 e. The molecule has 0 fully saturated rings. The fourth-order valence-electron chi connectivity index (χ4n) is 1.94. The molecule has 2 rings (SSSR count). The third-order valence-electron chi connectivity index (χ3n) is 3.23. The van der Waals surface area contributed by atoms with Gasteiger partial charge in [0.2, 0.25) is 0 Å². The van der Waals surface area contributed by atoms with Crippen LogP contribution in [-0.2, 0) is 12.0 Å². The van der Waals surface area contributed by atoms with Gasteiger partial charge in [0.1, 0.15) is 0 Å². The molecule has 0 aliphatic rings. The molecule has 20 heavy (non-hydrogen) atoms. The minimum absolute atomic E-state index is 0.183. The van der Waals surface area contributed by atoms with Crippen LogP contribution in [0.3, 0.4) is 0 Å². The number of hydrogen-bond donors (Lipinski definition) is 1. The van der Waals surface area contributed by atoms with E-state index in [1.165, 1.54) is 5.56 Å². The van der Waals surface area contributed by atoms with Crippen molar-refractivity contribution in [1.29, 1.82) is 0 Å². The summed E-state index contributed by atoms with van der Waals surface area (Å²) in [5, 5.41) is 4.56. The van der Waals surface area contributed by atoms with E-state index in [4.69, 9.17) is 23.2 Å². The van der Waals surface area contributed by atoms with E-state index >= 15 is 0 Å². The molecular weight excluding hydrogens is 289 g/mol. The predicted molar refractivity (Wildman–Crippen MR) is 88.9 cm³/mol. The zero-order valence-electron chi connectivity index (χ0n) is 12.0. The second kappa shape index (κ2) is 6.07. The van der Waals surface area contributed by atoms with E-state index in [0.29, 0.717) is 10.0 Å². The summed E-state index contributed by atoms with van der Waals surface area (Å²) in [6.45, 7) is 7.37. The van der Waals surface area contributed by atoms with Gasteiger partial charge in [-0.15, -0.1) is 0 Å². The Morgan fingerprint density at radius 1 is 0.900 bits per heavy atom. The van der Waals surface area contributed by atoms with Crippen molar-refractivity contribution in [1.82, 2.24) is 0 Å². The van der Waals surface area contributed by atoms with Crippen LogP contribution < -0.4 is 5.32 Å². The van der Waals surface area contributed by atoms with Gasteiger partial charge in [-0.3, -0.25) is 0 Å². The van der Waals surface area contributed by atoms with Crippen LogP contribution in [0.4, 0.5) is 5.69 Å². The number of nitrogens with one attached hydrogen (secondary N) is 1. The van der Waals surface area contributed by atoms with Gasteiger partial charge in [-0.25, -0.2) is 0 Å². The topological polar surface area (TPSA) is 12.0 Å². The molecule has 0 radical (unpaired) electrons. The molecule has 3 heteroatoms. The molecule has 0 saturated carbocycles. The molecule has 0 aliphatic carbocycles. The lowest BCUT2D eigenvalue weighted by atomic mass is 9.87. The largest absolute Gasteiger partial charge is 0.381 e. The lowest BCUT2D eigenvalue weighted by Crippen LogP contribution is -2.10. The maximum Gasteiger partial charge on any atom is 0.0595 e. The molecule has 1 nitrogen and oxygen atoms in total. The first-order valence-electron chi connectivity index (χ1n) is 6.64. The third-order valence-corrected chi connectivity index (χ3v) is 3.97. The van der Waals surface area contributed by atoms with E-state index in [1.807, 2.05) is 18.2 Å². The molecule has 2 aromatic carbocycles. The van der Waals surface area contributed by atoms with Crippen molar-refractivity contribution in [2.45, 2.75) is 32.7 Å². The Bertz CT molecular complexity index is 583. The molecule has 2 aromatic rings. The maximum absolute atomic E-state index is 6.01. The van der Waals surface area contributed by atoms with Gasteiger partial charge >= 0.3 is 0 Å². The lowest BCUT2D eigenvalue weighted by Gasteiger charge is -2.19. The van der Waals surface area contributed by atoms with Gasteiger partial charge in [0.05, 0.1) is 10.0 Å². The van der Waals surface area contributed by atoms with Gasteiger partial charge in [-0.05, 0) is 40.8 Å². The van der Waals surface area contributed by atoms with Gasteiger partial charge in [-0.2, -0.15) is 0 Å². The number of benzene rings is 2. The van der Waals surface area contributed by atoms with Gasteiger partial charge < -0.3 is 5.32 Å². The van der Waals surface area contributed by atoms with Crippen LogP contribution in [0.2, 0.25) is 10.0 Å². The average Bonchev–Trinajstić information content (AvgIpc) is 2.40. The quantitative estimate of drug-likeness (QED) is 0.744. The van der Waals surface area contributed by atoms with Crippen molar-refractivity contribution in [3.05, 3.63) is 63.6 Å². The van der Waals surface area contributed by atoms with Crippen LogP contribution in [-0.4, -0.2) is 0 Å². The first-order chi connectivity index (χ1) is 9.36. The monoisotopic (exact) mass is 307 g/mol. The Balaban J connectivity index is 2.02. The summed E-state index contributed by atoms with van der Waals surface area (Å²) in [5.74, 6) is 0. The van der Waals surface area contributed by atoms with Gasteiger partial charge in [-0.1, -0.05) is 62.2 Å². The SMILES string of the molecule is CC(C)(C)c1ccc(NCc2ccc(Cl)c(Cl)c2)cc1. The summed E-state index contributed by atoms with van der Waals surface area (Å²) in [7, 11) is 0. The second-order valence-electron chi connectivity index (χ2n) is 5.93. The number of anilines is 1. The fraction of sp³-hybridized carbons (Fsp3) is 0.294. The third kappa shape index (κ3) is 3.91. The molecule has 0 heterocycles. The van der Waals surface area contributed by atoms with Crippen LogP contribution in [0.5, 0.6) is 0 Å². The second-order valence-corrected chi connectivity index (χ2v) is 6.74. The first-order valence-corrected chi connectivity index (χ1v) is 7.40. The van der Waals surface area contributed by atoms with Crippen LogP contribution in [0.25, 0.3) is 0 Å². The predicted octanol–water partition coefficient (Wildman–Crippen LogP) is 5.90. The zero-order chi connectivity index (χ0) is 14.8. The number of hydrogen-bond acceptors (Lipinski definition) is 1. The highest BCUT2D eigenvalue weighted by Gasteiger charge is 2.12. The van der Waals surface area contributed by atoms with Crippen molar-refractivity contribution < 1.29 is 0 Å². The van der Waals surface area contributed by atoms with Gasteiger partial charge in [0.15, 0.2) is 0 Å². The van der Waals surface area contributed by atoms with E-state index in [1.54, 1.807) is 0 Å². The Hall–Kier alpha value is -1.18. The summed E-state index contributed by atoms with van der Waals surface area (Å²) in [6, 6.07) is 14.2. The van der Waals surface area contributed by atoms with Crippen molar-refractivity contribution in [2.75, 3.05) is 5.32 Å². The van der Waals surface area contributed by atoms with Crippen LogP contribution in [0.1, 0.15) is 31.9 Å². The summed E-state index contributed by atoms with van der Waals surface area (Å²) in [6.07, 6.45) is 0. The highest BCUT2D eigenvalue weighted by molar-refractivity contribution is 6.42. The number of halogens is 2. The van der Waals surface area contributed by atoms with E-state index in [9.17, 15) is 0 Å². The Morgan fingerprint density at radius 2 is 1.55 bits per heavy atom. The Kier molecular flexibility index (Phi) is 4.62. The summed E-state index contributed by atoms with van der Waals surface area (Å²) in [4.78, 5) is 0. The first kappa shape index (κ1) is 15.2. The molecule has 0 atom stereocenters. The van der Waals surface area contributed by atoms with Crippen molar-refractivity contribution >= 4 is 28.9 Å². The Morgan fingerprint density at radius 3 is 2.10 bits per heavy atom. The zero-order valence-corrected chi connectivity index (χ0v) is 13.5. The number of rotatable bonds is 3. The normalized spacial score (nSPS) is 11.4. The lowest BCUT2D eigenvalue weighted by molar-refractivity contribution is 0.590. The fourth-order valence-corrected chi connectivity index (χ4v) is 2.26. The molecule has 0 bridgehead atoms. The molecule has 1 N–H and O–H groups in total. The Labute approximate surface area is 130 Å². The van der Waals surface area contributed by atoms with Crippen molar-refractivity contribution in [3.63, 3.8) is 0 Å². The molecular formula is C17H19Cl2N. The summed E-state index contributed by atoms with van der Waals surface area (Å²) in [5.41, 5.74) is 3.73. The summed E-state index contributed by atoms with van der Waals surface area (Å²) >= 11 is 11.9. The maximum atomic E-state index is 6.01. The van der Waals surface area contributed by atoms with E-state index in [0.717, 1.165) is 17.8 Å². The molecule has 0 spiro atoms. The molecule has 0 amide bonds. The molecule has 0 saturated heterocycles. The van der Waals surface area contributed by atoms with Gasteiger partial charge in [0.25, 0.3) is 0 Å².